The summed E-state index contributed by atoms with van der Waals surface area (Å²) >= 11 is 0. The molecule has 0 nitrogen and oxygen atoms in total. The highest BCUT2D eigenvalue weighted by Crippen LogP contribution is 2.55. The van der Waals surface area contributed by atoms with E-state index in [1.165, 1.54) is 38.5 Å². The van der Waals surface area contributed by atoms with E-state index in [-0.39, 0.29) is 0 Å². The van der Waals surface area contributed by atoms with Gasteiger partial charge in [-0.2, -0.15) is 0 Å². The second-order valence-electron chi connectivity index (χ2n) is 5.16. The average molecular weight is 182 g/mol. The third-order valence-electron chi connectivity index (χ3n) is 3.97. The van der Waals surface area contributed by atoms with Gasteiger partial charge in [-0.1, -0.05) is 40.5 Å². The van der Waals surface area contributed by atoms with E-state index in [1.54, 1.807) is 0 Å². The van der Waals surface area contributed by atoms with Gasteiger partial charge in [0.25, 0.3) is 0 Å². The van der Waals surface area contributed by atoms with Crippen LogP contribution in [0.4, 0.5) is 0 Å². The van der Waals surface area contributed by atoms with E-state index in [2.05, 4.69) is 27.7 Å². The molecule has 1 aliphatic carbocycles. The molecule has 78 valence electrons. The first kappa shape index (κ1) is 11.1. The summed E-state index contributed by atoms with van der Waals surface area (Å²) in [4.78, 5) is 0. The summed E-state index contributed by atoms with van der Waals surface area (Å²) in [7, 11) is 0. The summed E-state index contributed by atoms with van der Waals surface area (Å²) in [6.07, 6.45) is 8.69. The molecule has 0 radical (unpaired) electrons. The van der Waals surface area contributed by atoms with Crippen molar-refractivity contribution in [3.8, 4) is 0 Å². The highest BCUT2D eigenvalue weighted by molar-refractivity contribution is 4.95. The van der Waals surface area contributed by atoms with E-state index in [0.29, 0.717) is 5.41 Å². The zero-order valence-corrected chi connectivity index (χ0v) is 9.90. The van der Waals surface area contributed by atoms with E-state index >= 15 is 0 Å². The number of hydrogen-bond donors (Lipinski definition) is 0. The van der Waals surface area contributed by atoms with Gasteiger partial charge < -0.3 is 0 Å². The van der Waals surface area contributed by atoms with Gasteiger partial charge in [-0.25, -0.2) is 0 Å². The SMILES string of the molecule is CCCC(CCC)(C(C)C)C1CC1. The Morgan fingerprint density at radius 3 is 1.77 bits per heavy atom. The van der Waals surface area contributed by atoms with Crippen molar-refractivity contribution in [2.45, 2.75) is 66.2 Å². The fraction of sp³-hybridized carbons (Fsp3) is 1.00. The molecule has 1 rings (SSSR count). The van der Waals surface area contributed by atoms with Crippen LogP contribution in [-0.2, 0) is 0 Å². The van der Waals surface area contributed by atoms with E-state index in [0.717, 1.165) is 11.8 Å². The normalized spacial score (nSPS) is 18.2. The molecule has 0 N–H and O–H groups in total. The molecule has 0 heteroatoms. The van der Waals surface area contributed by atoms with Crippen LogP contribution >= 0.6 is 0 Å². The topological polar surface area (TPSA) is 0 Å². The van der Waals surface area contributed by atoms with Crippen LogP contribution < -0.4 is 0 Å². The van der Waals surface area contributed by atoms with Gasteiger partial charge in [0.05, 0.1) is 0 Å². The molecule has 0 aromatic rings. The largest absolute Gasteiger partial charge is 0.0654 e. The highest BCUT2D eigenvalue weighted by Gasteiger charge is 2.45. The van der Waals surface area contributed by atoms with E-state index in [4.69, 9.17) is 0 Å². The summed E-state index contributed by atoms with van der Waals surface area (Å²) in [6.45, 7) is 9.55. The standard InChI is InChI=1S/C13H26/c1-5-9-13(10-6-2,11(3)4)12-7-8-12/h11-12H,5-10H2,1-4H3. The quantitative estimate of drug-likeness (QED) is 0.561. The molecule has 1 fully saturated rings. The monoisotopic (exact) mass is 182 g/mol. The van der Waals surface area contributed by atoms with Crippen molar-refractivity contribution in [2.75, 3.05) is 0 Å². The van der Waals surface area contributed by atoms with Crippen molar-refractivity contribution in [3.05, 3.63) is 0 Å². The van der Waals surface area contributed by atoms with Gasteiger partial charge in [0, 0.05) is 0 Å². The van der Waals surface area contributed by atoms with E-state index in [1.807, 2.05) is 0 Å². The maximum atomic E-state index is 2.43. The second kappa shape index (κ2) is 4.48. The van der Waals surface area contributed by atoms with Crippen LogP contribution in [-0.4, -0.2) is 0 Å². The predicted octanol–water partition coefficient (Wildman–Crippen LogP) is 4.64. The summed E-state index contributed by atoms with van der Waals surface area (Å²) in [5.74, 6) is 1.97. The first-order chi connectivity index (χ1) is 6.17. The Bertz CT molecular complexity index is 132. The maximum Gasteiger partial charge on any atom is -0.0246 e. The van der Waals surface area contributed by atoms with Gasteiger partial charge in [-0.05, 0) is 42.9 Å². The zero-order chi connectivity index (χ0) is 9.90. The van der Waals surface area contributed by atoms with Gasteiger partial charge >= 0.3 is 0 Å². The van der Waals surface area contributed by atoms with Crippen molar-refractivity contribution >= 4 is 0 Å². The summed E-state index contributed by atoms with van der Waals surface area (Å²) in [5, 5.41) is 0. The van der Waals surface area contributed by atoms with Crippen LogP contribution in [0.2, 0.25) is 0 Å². The lowest BCUT2D eigenvalue weighted by Crippen LogP contribution is -2.29. The molecule has 0 aliphatic heterocycles. The van der Waals surface area contributed by atoms with Crippen molar-refractivity contribution in [2.24, 2.45) is 17.3 Å². The molecule has 0 aromatic carbocycles. The minimum atomic E-state index is 0.712. The maximum absolute atomic E-state index is 2.43. The molecular weight excluding hydrogens is 156 g/mol. The van der Waals surface area contributed by atoms with Crippen LogP contribution in [0.1, 0.15) is 66.2 Å². The van der Waals surface area contributed by atoms with Crippen LogP contribution in [0.5, 0.6) is 0 Å². The minimum absolute atomic E-state index is 0.712. The third-order valence-corrected chi connectivity index (χ3v) is 3.97. The summed E-state index contributed by atoms with van der Waals surface area (Å²) < 4.78 is 0. The molecule has 1 saturated carbocycles. The lowest BCUT2D eigenvalue weighted by molar-refractivity contribution is 0.116. The van der Waals surface area contributed by atoms with Crippen molar-refractivity contribution in [3.63, 3.8) is 0 Å². The molecule has 0 amide bonds. The lowest BCUT2D eigenvalue weighted by Gasteiger charge is -2.38. The van der Waals surface area contributed by atoms with Gasteiger partial charge in [-0.15, -0.1) is 0 Å². The minimum Gasteiger partial charge on any atom is -0.0654 e. The van der Waals surface area contributed by atoms with Gasteiger partial charge in [-0.3, -0.25) is 0 Å². The van der Waals surface area contributed by atoms with Crippen LogP contribution in [0, 0.1) is 17.3 Å². The van der Waals surface area contributed by atoms with Gasteiger partial charge in [0.1, 0.15) is 0 Å². The summed E-state index contributed by atoms with van der Waals surface area (Å²) in [5.41, 5.74) is 0.712. The van der Waals surface area contributed by atoms with E-state index in [9.17, 15) is 0 Å². The van der Waals surface area contributed by atoms with Crippen LogP contribution in [0.25, 0.3) is 0 Å². The highest BCUT2D eigenvalue weighted by atomic mass is 14.5. The van der Waals surface area contributed by atoms with Crippen molar-refractivity contribution in [1.82, 2.24) is 0 Å². The molecule has 1 aliphatic rings. The lowest BCUT2D eigenvalue weighted by atomic mass is 9.67. The fourth-order valence-electron chi connectivity index (χ4n) is 3.17. The van der Waals surface area contributed by atoms with Gasteiger partial charge in [0.2, 0.25) is 0 Å². The Labute approximate surface area is 84.1 Å². The Hall–Kier alpha value is 0. The fourth-order valence-corrected chi connectivity index (χ4v) is 3.17. The molecular formula is C13H26. The Kier molecular flexibility index (Phi) is 3.82. The molecule has 0 aromatic heterocycles. The molecule has 0 bridgehead atoms. The van der Waals surface area contributed by atoms with Gasteiger partial charge in [0.15, 0.2) is 0 Å². The van der Waals surface area contributed by atoms with Crippen LogP contribution in [0.15, 0.2) is 0 Å². The number of rotatable bonds is 6. The second-order valence-corrected chi connectivity index (χ2v) is 5.16. The zero-order valence-electron chi connectivity index (χ0n) is 9.90. The van der Waals surface area contributed by atoms with Crippen LogP contribution in [0.3, 0.4) is 0 Å². The van der Waals surface area contributed by atoms with Crippen molar-refractivity contribution in [1.29, 1.82) is 0 Å². The Morgan fingerprint density at radius 1 is 1.08 bits per heavy atom. The molecule has 13 heavy (non-hydrogen) atoms. The van der Waals surface area contributed by atoms with Crippen molar-refractivity contribution < 1.29 is 0 Å². The average Bonchev–Trinajstić information content (AvgIpc) is 2.85. The summed E-state index contributed by atoms with van der Waals surface area (Å²) in [6, 6.07) is 0. The third kappa shape index (κ3) is 2.27. The molecule has 0 saturated heterocycles. The first-order valence-corrected chi connectivity index (χ1v) is 6.17. The number of hydrogen-bond acceptors (Lipinski definition) is 0. The molecule has 0 atom stereocenters. The first-order valence-electron chi connectivity index (χ1n) is 6.17. The van der Waals surface area contributed by atoms with E-state index < -0.39 is 0 Å². The molecule has 0 heterocycles. The Balaban J connectivity index is 2.66. The molecule has 0 unspecified atom stereocenters. The smallest absolute Gasteiger partial charge is 0.0246 e. The predicted molar refractivity (Wildman–Crippen MR) is 59.8 cm³/mol. The Morgan fingerprint density at radius 2 is 1.54 bits per heavy atom. The molecule has 0 spiro atoms.